The molecule has 3 rings (SSSR count). The van der Waals surface area contributed by atoms with E-state index in [-0.39, 0.29) is 5.41 Å². The number of para-hydroxylation sites is 1. The van der Waals surface area contributed by atoms with Crippen molar-refractivity contribution < 1.29 is 0 Å². The normalized spacial score (nSPS) is 22.6. The molecule has 0 N–H and O–H groups in total. The van der Waals surface area contributed by atoms with E-state index in [0.29, 0.717) is 5.25 Å². The Kier molecular flexibility index (Phi) is 3.61. The van der Waals surface area contributed by atoms with Crippen LogP contribution in [0.25, 0.3) is 0 Å². The number of hydrogen-bond acceptors (Lipinski definition) is 2. The molecule has 102 valence electrons. The molecule has 0 bridgehead atoms. The second-order valence-corrected chi connectivity index (χ2v) is 7.05. The molecule has 0 aromatic heterocycles. The highest BCUT2D eigenvalue weighted by molar-refractivity contribution is 8.16. The lowest BCUT2D eigenvalue weighted by Crippen LogP contribution is -2.38. The maximum absolute atomic E-state index is 5.95. The van der Waals surface area contributed by atoms with E-state index in [9.17, 15) is 0 Å². The van der Waals surface area contributed by atoms with Gasteiger partial charge in [0.1, 0.15) is 0 Å². The number of nitrogens with zero attached hydrogens (tertiary/aromatic N) is 1. The minimum Gasteiger partial charge on any atom is -0.246 e. The zero-order chi connectivity index (χ0) is 14.2. The number of benzene rings is 2. The van der Waals surface area contributed by atoms with Gasteiger partial charge in [-0.05, 0) is 29.8 Å². The summed E-state index contributed by atoms with van der Waals surface area (Å²) < 4.78 is 0. The van der Waals surface area contributed by atoms with Crippen molar-refractivity contribution in [1.82, 2.24) is 0 Å². The first-order chi connectivity index (χ1) is 9.57. The molecular weight excluding hydrogens is 286 g/mol. The molecule has 1 atom stereocenters. The first-order valence-electron chi connectivity index (χ1n) is 6.64. The molecule has 0 amide bonds. The smallest absolute Gasteiger partial charge is 0.0815 e. The van der Waals surface area contributed by atoms with E-state index in [4.69, 9.17) is 16.6 Å². The van der Waals surface area contributed by atoms with Crippen molar-refractivity contribution in [3.63, 3.8) is 0 Å². The lowest BCUT2D eigenvalue weighted by atomic mass is 9.84. The van der Waals surface area contributed by atoms with Crippen LogP contribution in [-0.4, -0.2) is 5.04 Å². The third-order valence-corrected chi connectivity index (χ3v) is 5.79. The standard InChI is InChI=1S/C17H16ClNS/c1-17(2)15(12-8-10-13(18)11-9-12)20-16(17)19-14-6-4-3-5-7-14/h3-11,15H,1-2H3. The molecule has 2 aromatic carbocycles. The molecule has 1 saturated heterocycles. The highest BCUT2D eigenvalue weighted by Crippen LogP contribution is 2.58. The summed E-state index contributed by atoms with van der Waals surface area (Å²) in [6.45, 7) is 4.51. The van der Waals surface area contributed by atoms with Crippen LogP contribution >= 0.6 is 23.4 Å². The molecule has 0 radical (unpaired) electrons. The number of halogens is 1. The van der Waals surface area contributed by atoms with E-state index in [1.807, 2.05) is 54.2 Å². The lowest BCUT2D eigenvalue weighted by molar-refractivity contribution is 0.497. The maximum atomic E-state index is 5.95. The first-order valence-corrected chi connectivity index (χ1v) is 7.89. The van der Waals surface area contributed by atoms with Gasteiger partial charge in [-0.3, -0.25) is 0 Å². The average Bonchev–Trinajstić information content (AvgIpc) is 2.46. The van der Waals surface area contributed by atoms with Crippen LogP contribution in [0.5, 0.6) is 0 Å². The minimum atomic E-state index is 0.0777. The van der Waals surface area contributed by atoms with Crippen LogP contribution in [0.3, 0.4) is 0 Å². The molecule has 0 saturated carbocycles. The molecule has 1 unspecified atom stereocenters. The SMILES string of the molecule is CC1(C)C(=Nc2ccccc2)SC1c1ccc(Cl)cc1. The van der Waals surface area contributed by atoms with Crippen molar-refractivity contribution in [1.29, 1.82) is 0 Å². The van der Waals surface area contributed by atoms with Crippen molar-refractivity contribution in [2.24, 2.45) is 10.4 Å². The third kappa shape index (κ3) is 2.50. The fourth-order valence-corrected chi connectivity index (χ4v) is 3.82. The van der Waals surface area contributed by atoms with Gasteiger partial charge in [0.25, 0.3) is 0 Å². The average molecular weight is 302 g/mol. The summed E-state index contributed by atoms with van der Waals surface area (Å²) in [5.41, 5.74) is 2.42. The van der Waals surface area contributed by atoms with E-state index in [2.05, 4.69) is 26.0 Å². The van der Waals surface area contributed by atoms with Gasteiger partial charge in [0.2, 0.25) is 0 Å². The molecular formula is C17H16ClNS. The molecule has 1 nitrogen and oxygen atoms in total. The summed E-state index contributed by atoms with van der Waals surface area (Å²) in [6, 6.07) is 18.3. The maximum Gasteiger partial charge on any atom is 0.0815 e. The van der Waals surface area contributed by atoms with Crippen molar-refractivity contribution in [3.05, 3.63) is 65.2 Å². The Morgan fingerprint density at radius 3 is 2.25 bits per heavy atom. The number of thioether (sulfide) groups is 1. The molecule has 1 fully saturated rings. The quantitative estimate of drug-likeness (QED) is 0.674. The Labute approximate surface area is 129 Å². The minimum absolute atomic E-state index is 0.0777. The summed E-state index contributed by atoms with van der Waals surface area (Å²) in [5, 5.41) is 2.43. The van der Waals surface area contributed by atoms with Crippen LogP contribution in [-0.2, 0) is 0 Å². The highest BCUT2D eigenvalue weighted by atomic mass is 35.5. The largest absolute Gasteiger partial charge is 0.246 e. The van der Waals surface area contributed by atoms with E-state index in [1.165, 1.54) is 10.6 Å². The molecule has 2 aromatic rings. The van der Waals surface area contributed by atoms with Crippen molar-refractivity contribution in [2.75, 3.05) is 0 Å². The van der Waals surface area contributed by atoms with E-state index in [1.54, 1.807) is 0 Å². The van der Waals surface area contributed by atoms with E-state index < -0.39 is 0 Å². The zero-order valence-corrected chi connectivity index (χ0v) is 13.1. The summed E-state index contributed by atoms with van der Waals surface area (Å²) in [7, 11) is 0. The predicted octanol–water partition coefficient (Wildman–Crippen LogP) is 5.88. The van der Waals surface area contributed by atoms with Gasteiger partial charge in [0, 0.05) is 15.7 Å². The van der Waals surface area contributed by atoms with Crippen LogP contribution in [0.4, 0.5) is 5.69 Å². The number of hydrogen-bond donors (Lipinski definition) is 0. The van der Waals surface area contributed by atoms with Gasteiger partial charge in [0.15, 0.2) is 0 Å². The Balaban J connectivity index is 1.84. The molecule has 3 heteroatoms. The van der Waals surface area contributed by atoms with Crippen molar-refractivity contribution in [3.8, 4) is 0 Å². The molecule has 20 heavy (non-hydrogen) atoms. The highest BCUT2D eigenvalue weighted by Gasteiger charge is 2.47. The molecule has 0 spiro atoms. The van der Waals surface area contributed by atoms with Gasteiger partial charge in [-0.15, -0.1) is 11.8 Å². The third-order valence-electron chi connectivity index (χ3n) is 3.60. The van der Waals surface area contributed by atoms with Gasteiger partial charge in [0.05, 0.1) is 10.7 Å². The van der Waals surface area contributed by atoms with E-state index >= 15 is 0 Å². The predicted molar refractivity (Wildman–Crippen MR) is 89.1 cm³/mol. The Morgan fingerprint density at radius 2 is 1.65 bits per heavy atom. The van der Waals surface area contributed by atoms with Crippen molar-refractivity contribution in [2.45, 2.75) is 19.1 Å². The summed E-state index contributed by atoms with van der Waals surface area (Å²) in [6.07, 6.45) is 0. The topological polar surface area (TPSA) is 12.4 Å². The first kappa shape index (κ1) is 13.7. The van der Waals surface area contributed by atoms with Gasteiger partial charge in [-0.2, -0.15) is 0 Å². The van der Waals surface area contributed by atoms with Crippen LogP contribution in [0.1, 0.15) is 24.7 Å². The fraction of sp³-hybridized carbons (Fsp3) is 0.235. The molecule has 0 aliphatic carbocycles. The number of aliphatic imine (C=N–C) groups is 1. The molecule has 1 heterocycles. The second-order valence-electron chi connectivity index (χ2n) is 5.52. The lowest BCUT2D eigenvalue weighted by Gasteiger charge is -2.45. The Hall–Kier alpha value is -1.25. The second kappa shape index (κ2) is 5.27. The van der Waals surface area contributed by atoms with Gasteiger partial charge >= 0.3 is 0 Å². The van der Waals surface area contributed by atoms with E-state index in [0.717, 1.165) is 10.7 Å². The number of rotatable bonds is 2. The van der Waals surface area contributed by atoms with Crippen LogP contribution in [0, 0.1) is 5.41 Å². The monoisotopic (exact) mass is 301 g/mol. The Morgan fingerprint density at radius 1 is 1.00 bits per heavy atom. The summed E-state index contributed by atoms with van der Waals surface area (Å²) >= 11 is 7.80. The molecule has 1 aliphatic rings. The fourth-order valence-electron chi connectivity index (χ4n) is 2.38. The van der Waals surface area contributed by atoms with Gasteiger partial charge in [-0.1, -0.05) is 55.8 Å². The summed E-state index contributed by atoms with van der Waals surface area (Å²) in [4.78, 5) is 4.76. The van der Waals surface area contributed by atoms with Crippen LogP contribution in [0.2, 0.25) is 5.02 Å². The Bertz CT molecular complexity index is 632. The van der Waals surface area contributed by atoms with Crippen molar-refractivity contribution >= 4 is 34.1 Å². The summed E-state index contributed by atoms with van der Waals surface area (Å²) in [5.74, 6) is 0. The van der Waals surface area contributed by atoms with Crippen LogP contribution < -0.4 is 0 Å². The zero-order valence-electron chi connectivity index (χ0n) is 11.5. The van der Waals surface area contributed by atoms with Gasteiger partial charge in [-0.25, -0.2) is 4.99 Å². The molecule has 1 aliphatic heterocycles. The van der Waals surface area contributed by atoms with Gasteiger partial charge < -0.3 is 0 Å². The van der Waals surface area contributed by atoms with Crippen LogP contribution in [0.15, 0.2) is 59.6 Å².